The van der Waals surface area contributed by atoms with E-state index in [0.29, 0.717) is 21.3 Å². The molecule has 5 N–H and O–H groups in total. The van der Waals surface area contributed by atoms with Crippen LogP contribution < -0.4 is 20.9 Å². The Morgan fingerprint density at radius 1 is 0.953 bits per heavy atom. The lowest BCUT2D eigenvalue weighted by molar-refractivity contribution is -0.274. The van der Waals surface area contributed by atoms with Gasteiger partial charge in [0.1, 0.15) is 10.8 Å². The van der Waals surface area contributed by atoms with Crippen LogP contribution in [0, 0.1) is 0 Å². The molecule has 1 atom stereocenters. The van der Waals surface area contributed by atoms with Crippen LogP contribution in [0.15, 0.2) is 66.7 Å². The molecule has 17 heteroatoms. The molecule has 0 saturated carbocycles. The normalized spacial score (nSPS) is 13.0. The van der Waals surface area contributed by atoms with Gasteiger partial charge in [-0.1, -0.05) is 30.3 Å². The van der Waals surface area contributed by atoms with Gasteiger partial charge in [0.25, 0.3) is 0 Å². The highest BCUT2D eigenvalue weighted by Gasteiger charge is 2.37. The van der Waals surface area contributed by atoms with Gasteiger partial charge < -0.3 is 15.8 Å². The second-order valence-electron chi connectivity index (χ2n) is 9.21. The molecule has 0 aliphatic rings. The van der Waals surface area contributed by atoms with E-state index in [0.717, 1.165) is 41.2 Å². The zero-order chi connectivity index (χ0) is 31.6. The van der Waals surface area contributed by atoms with Gasteiger partial charge in [0, 0.05) is 12.1 Å². The third kappa shape index (κ3) is 8.50. The van der Waals surface area contributed by atoms with Gasteiger partial charge in [-0.15, -0.1) is 24.5 Å². The van der Waals surface area contributed by atoms with Gasteiger partial charge in [0.05, 0.1) is 21.7 Å². The molecule has 2 amide bonds. The topological polar surface area (TPSA) is 189 Å². The van der Waals surface area contributed by atoms with Crippen LogP contribution in [0.2, 0.25) is 0 Å². The van der Waals surface area contributed by atoms with E-state index < -0.39 is 67.1 Å². The predicted octanol–water partition coefficient (Wildman–Crippen LogP) is 3.02. The number of sulfonamides is 1. The molecule has 1 aromatic heterocycles. The van der Waals surface area contributed by atoms with Crippen molar-refractivity contribution in [3.63, 3.8) is 0 Å². The summed E-state index contributed by atoms with van der Waals surface area (Å²) < 4.78 is 91.6. The molecule has 0 saturated heterocycles. The number of nitrogens with one attached hydrogen (secondary N) is 1. The second kappa shape index (κ2) is 12.3. The van der Waals surface area contributed by atoms with Crippen molar-refractivity contribution < 1.29 is 44.3 Å². The summed E-state index contributed by atoms with van der Waals surface area (Å²) in [4.78, 5) is 28.9. The van der Waals surface area contributed by atoms with Crippen molar-refractivity contribution in [2.75, 3.05) is 12.3 Å². The van der Waals surface area contributed by atoms with Crippen molar-refractivity contribution in [3.8, 4) is 16.9 Å². The van der Waals surface area contributed by atoms with Crippen LogP contribution in [0.5, 0.6) is 5.75 Å². The first-order valence-electron chi connectivity index (χ1n) is 12.2. The fourth-order valence-corrected chi connectivity index (χ4v) is 7.55. The number of thiazole rings is 1. The van der Waals surface area contributed by atoms with Crippen LogP contribution in [0.3, 0.4) is 0 Å². The lowest BCUT2D eigenvalue weighted by Crippen LogP contribution is -2.37. The summed E-state index contributed by atoms with van der Waals surface area (Å²) in [5, 5.41) is 5.25. The molecule has 4 rings (SSSR count). The van der Waals surface area contributed by atoms with E-state index in [-0.39, 0.29) is 10.6 Å². The Kier molecular flexibility index (Phi) is 9.10. The van der Waals surface area contributed by atoms with E-state index in [1.54, 1.807) is 42.5 Å². The molecule has 1 unspecified atom stereocenters. The second-order valence-corrected chi connectivity index (χ2v) is 14.1. The van der Waals surface area contributed by atoms with Gasteiger partial charge in [0.2, 0.25) is 21.8 Å². The molecule has 3 aromatic carbocycles. The Labute approximate surface area is 247 Å². The molecule has 0 aliphatic carbocycles. The summed E-state index contributed by atoms with van der Waals surface area (Å²) in [5.41, 5.74) is 7.48. The van der Waals surface area contributed by atoms with Crippen LogP contribution in [-0.2, 0) is 30.4 Å². The number of primary sulfonamides is 1. The Morgan fingerprint density at radius 2 is 1.58 bits per heavy atom. The minimum atomic E-state index is -4.94. The SMILES string of the molecule is NC(=O)c1ccc(-c2ccc3nc(C(C(=O)NCCS(N)(=O)=O)S(=O)(=O)Cc4ccc(OC(F)(F)F)cc4)sc3c2)cc1. The Bertz CT molecular complexity index is 1880. The smallest absolute Gasteiger partial charge is 0.406 e. The van der Waals surface area contributed by atoms with E-state index in [2.05, 4.69) is 15.0 Å². The van der Waals surface area contributed by atoms with Gasteiger partial charge in [-0.2, -0.15) is 0 Å². The number of aromatic nitrogens is 1. The summed E-state index contributed by atoms with van der Waals surface area (Å²) in [7, 11) is -8.38. The van der Waals surface area contributed by atoms with E-state index in [4.69, 9.17) is 10.9 Å². The third-order valence-corrected chi connectivity index (χ3v) is 9.84. The van der Waals surface area contributed by atoms with Gasteiger partial charge in [-0.25, -0.2) is 27.0 Å². The van der Waals surface area contributed by atoms with Crippen molar-refractivity contribution >= 4 is 53.2 Å². The monoisotopic (exact) mass is 656 g/mol. The van der Waals surface area contributed by atoms with E-state index >= 15 is 0 Å². The molecule has 11 nitrogen and oxygen atoms in total. The quantitative estimate of drug-likeness (QED) is 0.220. The van der Waals surface area contributed by atoms with E-state index in [9.17, 15) is 39.6 Å². The van der Waals surface area contributed by atoms with Crippen LogP contribution in [-0.4, -0.2) is 52.3 Å². The van der Waals surface area contributed by atoms with Crippen LogP contribution in [0.25, 0.3) is 21.3 Å². The van der Waals surface area contributed by atoms with Crippen LogP contribution in [0.1, 0.15) is 26.2 Å². The van der Waals surface area contributed by atoms with Gasteiger partial charge in [-0.3, -0.25) is 9.59 Å². The van der Waals surface area contributed by atoms with Crippen LogP contribution in [0.4, 0.5) is 13.2 Å². The summed E-state index contributed by atoms with van der Waals surface area (Å²) in [6.07, 6.45) is -4.94. The molecular weight excluding hydrogens is 634 g/mol. The highest BCUT2D eigenvalue weighted by atomic mass is 32.2. The Morgan fingerprint density at radius 3 is 2.16 bits per heavy atom. The largest absolute Gasteiger partial charge is 0.573 e. The minimum Gasteiger partial charge on any atom is -0.406 e. The number of primary amides is 1. The number of amides is 2. The highest BCUT2D eigenvalue weighted by molar-refractivity contribution is 7.91. The zero-order valence-electron chi connectivity index (χ0n) is 21.9. The number of sulfone groups is 1. The number of alkyl halides is 3. The number of ether oxygens (including phenoxy) is 1. The standard InChI is InChI=1S/C26H23F3N4O7S3/c27-26(28,29)40-19-8-1-15(2-9-19)14-42(36,37)22(24(35)32-11-12-43(31,38)39)25-33-20-10-7-18(13-21(20)41-25)16-3-5-17(6-4-16)23(30)34/h1-10,13,22H,11-12,14H2,(H2,30,34)(H,32,35)(H2,31,38,39). The summed E-state index contributed by atoms with van der Waals surface area (Å²) in [6, 6.07) is 15.6. The molecule has 43 heavy (non-hydrogen) atoms. The highest BCUT2D eigenvalue weighted by Crippen LogP contribution is 2.35. The summed E-state index contributed by atoms with van der Waals surface area (Å²) in [6.45, 7) is -0.469. The van der Waals surface area contributed by atoms with Crippen molar-refractivity contribution in [2.45, 2.75) is 17.4 Å². The number of hydrogen-bond donors (Lipinski definition) is 3. The van der Waals surface area contributed by atoms with Gasteiger partial charge in [0.15, 0.2) is 15.1 Å². The predicted molar refractivity (Wildman–Crippen MR) is 153 cm³/mol. The molecule has 0 fully saturated rings. The van der Waals surface area contributed by atoms with Crippen molar-refractivity contribution in [1.29, 1.82) is 0 Å². The summed E-state index contributed by atoms with van der Waals surface area (Å²) in [5.74, 6) is -3.60. The fraction of sp³-hybridized carbons (Fsp3) is 0.192. The first-order valence-corrected chi connectivity index (χ1v) is 16.4. The molecule has 1 heterocycles. The van der Waals surface area contributed by atoms with Crippen LogP contribution >= 0.6 is 11.3 Å². The van der Waals surface area contributed by atoms with Crippen molar-refractivity contribution in [1.82, 2.24) is 10.3 Å². The Balaban J connectivity index is 1.67. The number of carbonyl (C=O) groups is 2. The minimum absolute atomic E-state index is 0.0691. The average molecular weight is 657 g/mol. The number of fused-ring (bicyclic) bond motifs is 1. The molecular formula is C26H23F3N4O7S3. The third-order valence-electron chi connectivity index (χ3n) is 5.94. The maximum Gasteiger partial charge on any atom is 0.573 e. The number of rotatable bonds is 11. The molecule has 228 valence electrons. The fourth-order valence-electron chi connectivity index (χ4n) is 4.00. The molecule has 0 bridgehead atoms. The van der Waals surface area contributed by atoms with E-state index in [1.165, 1.54) is 0 Å². The molecule has 0 spiro atoms. The van der Waals surface area contributed by atoms with Gasteiger partial charge in [-0.05, 0) is 53.1 Å². The lowest BCUT2D eigenvalue weighted by Gasteiger charge is -2.16. The number of hydrogen-bond acceptors (Lipinski definition) is 9. The van der Waals surface area contributed by atoms with E-state index in [1.807, 2.05) is 0 Å². The average Bonchev–Trinajstić information content (AvgIpc) is 3.30. The zero-order valence-corrected chi connectivity index (χ0v) is 24.3. The summed E-state index contributed by atoms with van der Waals surface area (Å²) >= 11 is 0.923. The van der Waals surface area contributed by atoms with Gasteiger partial charge >= 0.3 is 6.36 Å². The number of nitrogens with two attached hydrogens (primary N) is 2. The lowest BCUT2D eigenvalue weighted by atomic mass is 10.0. The molecule has 0 radical (unpaired) electrons. The maximum atomic E-state index is 13.6. The maximum absolute atomic E-state index is 13.6. The molecule has 4 aromatic rings. The Hall–Kier alpha value is -4.06. The number of nitrogens with zero attached hydrogens (tertiary/aromatic N) is 1. The first-order chi connectivity index (χ1) is 20.0. The van der Waals surface area contributed by atoms with Crippen molar-refractivity contribution in [2.24, 2.45) is 10.9 Å². The number of benzene rings is 3. The number of halogens is 3. The first kappa shape index (κ1) is 31.9. The number of carbonyl (C=O) groups excluding carboxylic acids is 2. The van der Waals surface area contributed by atoms with Crippen molar-refractivity contribution in [3.05, 3.63) is 82.9 Å². The molecule has 0 aliphatic heterocycles.